The van der Waals surface area contributed by atoms with E-state index in [1.807, 2.05) is 0 Å². The molecular formula is C15H18ClN3. The maximum Gasteiger partial charge on any atom is 0.225 e. The molecule has 0 amide bonds. The Hall–Kier alpha value is -1.35. The van der Waals surface area contributed by atoms with Gasteiger partial charge in [-0.1, -0.05) is 45.0 Å². The second kappa shape index (κ2) is 4.34. The van der Waals surface area contributed by atoms with Gasteiger partial charge in [-0.05, 0) is 35.6 Å². The predicted octanol–water partition coefficient (Wildman–Crippen LogP) is 3.57. The average Bonchev–Trinajstić information content (AvgIpc) is 2.90. The maximum absolute atomic E-state index is 6.26. The zero-order valence-corrected chi connectivity index (χ0v) is 12.3. The molecule has 3 nitrogen and oxygen atoms in total. The van der Waals surface area contributed by atoms with Crippen molar-refractivity contribution in [2.75, 3.05) is 0 Å². The minimum Gasteiger partial charge on any atom is -0.298 e. The first-order valence-corrected chi connectivity index (χ1v) is 7.02. The third-order valence-electron chi connectivity index (χ3n) is 3.72. The second-order valence-corrected chi connectivity index (χ2v) is 6.58. The number of aromatic nitrogens is 3. The molecule has 0 saturated heterocycles. The fourth-order valence-electron chi connectivity index (χ4n) is 2.83. The van der Waals surface area contributed by atoms with Gasteiger partial charge in [-0.15, -0.1) is 10.2 Å². The van der Waals surface area contributed by atoms with E-state index in [0.717, 1.165) is 18.7 Å². The lowest BCUT2D eigenvalue weighted by molar-refractivity contribution is 0.442. The van der Waals surface area contributed by atoms with Crippen LogP contribution in [0.3, 0.4) is 0 Å². The molecular weight excluding hydrogens is 258 g/mol. The summed E-state index contributed by atoms with van der Waals surface area (Å²) in [7, 11) is 0. The summed E-state index contributed by atoms with van der Waals surface area (Å²) in [6, 6.07) is 8.93. The summed E-state index contributed by atoms with van der Waals surface area (Å²) >= 11 is 6.26. The molecule has 1 aromatic heterocycles. The molecule has 1 heterocycles. The number of rotatable bonds is 1. The van der Waals surface area contributed by atoms with Crippen LogP contribution >= 0.6 is 11.6 Å². The fraction of sp³-hybridized carbons (Fsp3) is 0.467. The van der Waals surface area contributed by atoms with Gasteiger partial charge in [-0.2, -0.15) is 0 Å². The molecule has 0 aliphatic heterocycles. The Morgan fingerprint density at radius 1 is 1.11 bits per heavy atom. The Balaban J connectivity index is 2.00. The van der Waals surface area contributed by atoms with Crippen molar-refractivity contribution >= 4 is 11.6 Å². The zero-order valence-electron chi connectivity index (χ0n) is 11.5. The van der Waals surface area contributed by atoms with Crippen molar-refractivity contribution in [1.82, 2.24) is 14.8 Å². The summed E-state index contributed by atoms with van der Waals surface area (Å²) < 4.78 is 2.11. The lowest BCUT2D eigenvalue weighted by atomic mass is 9.95. The number of halogens is 1. The van der Waals surface area contributed by atoms with E-state index in [4.69, 9.17) is 11.6 Å². The summed E-state index contributed by atoms with van der Waals surface area (Å²) in [5, 5.41) is 8.85. The zero-order chi connectivity index (χ0) is 13.6. The third kappa shape index (κ3) is 2.16. The molecule has 0 bridgehead atoms. The average molecular weight is 276 g/mol. The van der Waals surface area contributed by atoms with Crippen molar-refractivity contribution in [2.24, 2.45) is 0 Å². The Labute approximate surface area is 118 Å². The van der Waals surface area contributed by atoms with Gasteiger partial charge in [0.05, 0.1) is 0 Å². The smallest absolute Gasteiger partial charge is 0.225 e. The summed E-state index contributed by atoms with van der Waals surface area (Å²) in [6.45, 7) is 6.43. The molecule has 0 N–H and O–H groups in total. The number of hydrogen-bond acceptors (Lipinski definition) is 2. The molecule has 0 spiro atoms. The van der Waals surface area contributed by atoms with Gasteiger partial charge in [-0.25, -0.2) is 0 Å². The summed E-state index contributed by atoms with van der Waals surface area (Å²) in [5.74, 6) is 0.968. The van der Waals surface area contributed by atoms with Gasteiger partial charge >= 0.3 is 0 Å². The lowest BCUT2D eigenvalue weighted by Gasteiger charge is -2.22. The molecule has 0 radical (unpaired) electrons. The molecule has 0 fully saturated rings. The summed E-state index contributed by atoms with van der Waals surface area (Å²) in [5.41, 5.74) is 2.78. The second-order valence-electron chi connectivity index (χ2n) is 6.24. The van der Waals surface area contributed by atoms with Crippen molar-refractivity contribution < 1.29 is 0 Å². The van der Waals surface area contributed by atoms with Crippen LogP contribution in [0.15, 0.2) is 24.3 Å². The molecule has 1 aromatic carbocycles. The van der Waals surface area contributed by atoms with Crippen LogP contribution < -0.4 is 0 Å². The molecule has 3 rings (SSSR count). The van der Waals surface area contributed by atoms with Gasteiger partial charge in [-0.3, -0.25) is 4.57 Å². The Bertz CT molecular complexity index is 585. The highest BCUT2D eigenvalue weighted by molar-refractivity contribution is 6.28. The molecule has 100 valence electrons. The number of hydrogen-bond donors (Lipinski definition) is 0. The lowest BCUT2D eigenvalue weighted by Crippen LogP contribution is -2.22. The van der Waals surface area contributed by atoms with E-state index in [1.54, 1.807) is 0 Å². The van der Waals surface area contributed by atoms with E-state index in [2.05, 4.69) is 59.8 Å². The predicted molar refractivity (Wildman–Crippen MR) is 76.6 cm³/mol. The molecule has 0 atom stereocenters. The largest absolute Gasteiger partial charge is 0.298 e. The normalized spacial score (nSPS) is 15.8. The number of fused-ring (bicyclic) bond motifs is 1. The van der Waals surface area contributed by atoms with Crippen molar-refractivity contribution in [3.8, 4) is 0 Å². The van der Waals surface area contributed by atoms with Crippen LogP contribution in [0.4, 0.5) is 0 Å². The topological polar surface area (TPSA) is 30.7 Å². The van der Waals surface area contributed by atoms with E-state index in [-0.39, 0.29) is 5.41 Å². The van der Waals surface area contributed by atoms with Gasteiger partial charge in [0.25, 0.3) is 0 Å². The summed E-state index contributed by atoms with van der Waals surface area (Å²) in [4.78, 5) is 0. The van der Waals surface area contributed by atoms with E-state index in [1.165, 1.54) is 11.1 Å². The SMILES string of the molecule is CC(C)(C)c1nnc(Cl)n1C1Cc2ccccc2C1. The summed E-state index contributed by atoms with van der Waals surface area (Å²) in [6.07, 6.45) is 2.02. The van der Waals surface area contributed by atoms with Gasteiger partial charge < -0.3 is 0 Å². The van der Waals surface area contributed by atoms with Crippen molar-refractivity contribution in [2.45, 2.75) is 45.1 Å². The van der Waals surface area contributed by atoms with E-state index in [9.17, 15) is 0 Å². The van der Waals surface area contributed by atoms with Crippen LogP contribution in [-0.4, -0.2) is 14.8 Å². The van der Waals surface area contributed by atoms with Crippen LogP contribution in [0.2, 0.25) is 5.28 Å². The Morgan fingerprint density at radius 2 is 1.68 bits per heavy atom. The van der Waals surface area contributed by atoms with E-state index in [0.29, 0.717) is 11.3 Å². The molecule has 2 aromatic rings. The quantitative estimate of drug-likeness (QED) is 0.797. The molecule has 4 heteroatoms. The minimum atomic E-state index is -0.0467. The Morgan fingerprint density at radius 3 is 2.21 bits per heavy atom. The van der Waals surface area contributed by atoms with Crippen LogP contribution in [0.1, 0.15) is 43.8 Å². The first-order valence-electron chi connectivity index (χ1n) is 6.64. The van der Waals surface area contributed by atoms with Crippen LogP contribution in [0.5, 0.6) is 0 Å². The minimum absolute atomic E-state index is 0.0467. The molecule has 0 saturated carbocycles. The molecule has 1 aliphatic rings. The highest BCUT2D eigenvalue weighted by atomic mass is 35.5. The monoisotopic (exact) mass is 275 g/mol. The maximum atomic E-state index is 6.26. The molecule has 0 unspecified atom stereocenters. The standard InChI is InChI=1S/C15H18ClN3/c1-15(2,3)13-17-18-14(16)19(13)12-8-10-6-4-5-7-11(10)9-12/h4-7,12H,8-9H2,1-3H3. The van der Waals surface area contributed by atoms with E-state index >= 15 is 0 Å². The molecule has 1 aliphatic carbocycles. The first-order chi connectivity index (χ1) is 8.97. The highest BCUT2D eigenvalue weighted by Crippen LogP contribution is 2.35. The van der Waals surface area contributed by atoms with Crippen LogP contribution in [0, 0.1) is 0 Å². The van der Waals surface area contributed by atoms with Crippen molar-refractivity contribution in [3.05, 3.63) is 46.5 Å². The van der Waals surface area contributed by atoms with Gasteiger partial charge in [0.2, 0.25) is 5.28 Å². The molecule has 19 heavy (non-hydrogen) atoms. The van der Waals surface area contributed by atoms with Gasteiger partial charge in [0.15, 0.2) is 0 Å². The fourth-order valence-corrected chi connectivity index (χ4v) is 3.08. The number of benzene rings is 1. The van der Waals surface area contributed by atoms with Crippen LogP contribution in [-0.2, 0) is 18.3 Å². The van der Waals surface area contributed by atoms with Crippen LogP contribution in [0.25, 0.3) is 0 Å². The highest BCUT2D eigenvalue weighted by Gasteiger charge is 2.31. The first kappa shape index (κ1) is 12.7. The third-order valence-corrected chi connectivity index (χ3v) is 3.98. The van der Waals surface area contributed by atoms with Crippen molar-refractivity contribution in [3.63, 3.8) is 0 Å². The van der Waals surface area contributed by atoms with Gasteiger partial charge in [0.1, 0.15) is 5.82 Å². The van der Waals surface area contributed by atoms with Crippen molar-refractivity contribution in [1.29, 1.82) is 0 Å². The van der Waals surface area contributed by atoms with E-state index < -0.39 is 0 Å². The Kier molecular flexibility index (Phi) is 2.90. The van der Waals surface area contributed by atoms with Gasteiger partial charge in [0, 0.05) is 11.5 Å². The number of nitrogens with zero attached hydrogens (tertiary/aromatic N) is 3.